The Morgan fingerprint density at radius 1 is 1.19 bits per heavy atom. The van der Waals surface area contributed by atoms with Crippen molar-refractivity contribution in [3.8, 4) is 11.4 Å². The van der Waals surface area contributed by atoms with Gasteiger partial charge in [0.05, 0.1) is 10.9 Å². The summed E-state index contributed by atoms with van der Waals surface area (Å²) in [7, 11) is 1.82. The van der Waals surface area contributed by atoms with Crippen molar-refractivity contribution in [1.82, 2.24) is 14.8 Å². The Morgan fingerprint density at radius 2 is 1.93 bits per heavy atom. The third kappa shape index (κ3) is 4.16. The molecule has 0 saturated carbocycles. The highest BCUT2D eigenvalue weighted by Gasteiger charge is 2.21. The van der Waals surface area contributed by atoms with E-state index in [-0.39, 0.29) is 5.69 Å². The molecular weight excluding hydrogens is 370 g/mol. The lowest BCUT2D eigenvalue weighted by atomic mass is 10.1. The molecule has 1 heterocycles. The SMILES string of the molecule is Cc1ccccc1-c1nnc(S[C@H](C)C(=O)Nc2cc(F)ccc2F)n1C. The Kier molecular flexibility index (Phi) is 5.55. The van der Waals surface area contributed by atoms with Crippen molar-refractivity contribution < 1.29 is 13.6 Å². The molecule has 1 N–H and O–H groups in total. The fourth-order valence-corrected chi connectivity index (χ4v) is 3.33. The van der Waals surface area contributed by atoms with Gasteiger partial charge in [-0.05, 0) is 31.5 Å². The van der Waals surface area contributed by atoms with Crippen molar-refractivity contribution in [1.29, 1.82) is 0 Å². The van der Waals surface area contributed by atoms with Crippen molar-refractivity contribution in [3.05, 3.63) is 59.7 Å². The van der Waals surface area contributed by atoms with E-state index < -0.39 is 22.8 Å². The molecule has 0 saturated heterocycles. The number of amides is 1. The van der Waals surface area contributed by atoms with E-state index in [1.54, 1.807) is 11.5 Å². The predicted molar refractivity (Wildman–Crippen MR) is 101 cm³/mol. The third-order valence-corrected chi connectivity index (χ3v) is 5.19. The number of nitrogens with one attached hydrogen (secondary N) is 1. The monoisotopic (exact) mass is 388 g/mol. The number of anilines is 1. The normalized spacial score (nSPS) is 12.0. The number of aryl methyl sites for hydroxylation is 1. The molecule has 0 bridgehead atoms. The van der Waals surface area contributed by atoms with E-state index in [4.69, 9.17) is 0 Å². The number of halogens is 2. The second-order valence-electron chi connectivity index (χ2n) is 6.05. The number of carbonyl (C=O) groups is 1. The van der Waals surface area contributed by atoms with Crippen molar-refractivity contribution in [3.63, 3.8) is 0 Å². The molecule has 1 amide bonds. The fraction of sp³-hybridized carbons (Fsp3) is 0.211. The van der Waals surface area contributed by atoms with E-state index in [1.807, 2.05) is 38.2 Å². The maximum absolute atomic E-state index is 13.7. The quantitative estimate of drug-likeness (QED) is 0.666. The lowest BCUT2D eigenvalue weighted by Crippen LogP contribution is -2.23. The van der Waals surface area contributed by atoms with Crippen LogP contribution in [0.4, 0.5) is 14.5 Å². The Hall–Kier alpha value is -2.74. The molecule has 0 fully saturated rings. The summed E-state index contributed by atoms with van der Waals surface area (Å²) in [5.74, 6) is -1.07. The Morgan fingerprint density at radius 3 is 2.67 bits per heavy atom. The molecule has 0 unspecified atom stereocenters. The first-order chi connectivity index (χ1) is 12.9. The van der Waals surface area contributed by atoms with Gasteiger partial charge < -0.3 is 9.88 Å². The van der Waals surface area contributed by atoms with Gasteiger partial charge in [-0.3, -0.25) is 4.79 Å². The molecule has 27 heavy (non-hydrogen) atoms. The number of aromatic nitrogens is 3. The van der Waals surface area contributed by atoms with E-state index in [1.165, 1.54) is 11.8 Å². The van der Waals surface area contributed by atoms with Gasteiger partial charge in [-0.25, -0.2) is 8.78 Å². The van der Waals surface area contributed by atoms with Crippen molar-refractivity contribution >= 4 is 23.4 Å². The van der Waals surface area contributed by atoms with Crippen molar-refractivity contribution in [2.45, 2.75) is 24.3 Å². The van der Waals surface area contributed by atoms with E-state index in [0.29, 0.717) is 11.0 Å². The molecule has 1 atom stereocenters. The molecule has 8 heteroatoms. The zero-order valence-corrected chi connectivity index (χ0v) is 15.8. The van der Waals surface area contributed by atoms with Crippen LogP contribution in [0.1, 0.15) is 12.5 Å². The summed E-state index contributed by atoms with van der Waals surface area (Å²) >= 11 is 1.19. The maximum Gasteiger partial charge on any atom is 0.237 e. The molecule has 1 aromatic heterocycles. The van der Waals surface area contributed by atoms with Gasteiger partial charge in [-0.15, -0.1) is 10.2 Å². The standard InChI is InChI=1S/C19H18F2N4OS/c1-11-6-4-5-7-14(11)17-23-24-19(25(17)3)27-12(2)18(26)22-16-10-13(20)8-9-15(16)21/h4-10,12H,1-3H3,(H,22,26)/t12-/m1/s1. The van der Waals surface area contributed by atoms with Crippen LogP contribution in [0.3, 0.4) is 0 Å². The molecule has 0 aliphatic heterocycles. The Labute approximate surface area is 159 Å². The molecule has 140 valence electrons. The van der Waals surface area contributed by atoms with Gasteiger partial charge in [-0.1, -0.05) is 36.0 Å². The van der Waals surface area contributed by atoms with Gasteiger partial charge in [0, 0.05) is 18.7 Å². The van der Waals surface area contributed by atoms with Crippen LogP contribution in [0.5, 0.6) is 0 Å². The lowest BCUT2D eigenvalue weighted by molar-refractivity contribution is -0.115. The largest absolute Gasteiger partial charge is 0.323 e. The van der Waals surface area contributed by atoms with Gasteiger partial charge in [0.2, 0.25) is 5.91 Å². The molecule has 0 radical (unpaired) electrons. The number of hydrogen-bond acceptors (Lipinski definition) is 4. The molecule has 3 aromatic rings. The fourth-order valence-electron chi connectivity index (χ4n) is 2.52. The Balaban J connectivity index is 1.75. The molecule has 0 spiro atoms. The summed E-state index contributed by atoms with van der Waals surface area (Å²) in [6, 6.07) is 10.7. The number of rotatable bonds is 5. The Bertz CT molecular complexity index is 990. The van der Waals surface area contributed by atoms with Crippen molar-refractivity contribution in [2.75, 3.05) is 5.32 Å². The summed E-state index contributed by atoms with van der Waals surface area (Å²) in [6.45, 7) is 3.65. The third-order valence-electron chi connectivity index (χ3n) is 4.06. The molecule has 3 rings (SSSR count). The predicted octanol–water partition coefficient (Wildman–Crippen LogP) is 4.19. The molecule has 2 aromatic carbocycles. The van der Waals surface area contributed by atoms with Gasteiger partial charge in [-0.2, -0.15) is 0 Å². The summed E-state index contributed by atoms with van der Waals surface area (Å²) in [6.07, 6.45) is 0. The molecule has 0 aliphatic rings. The minimum atomic E-state index is -0.692. The zero-order chi connectivity index (χ0) is 19.6. The molecule has 5 nitrogen and oxygen atoms in total. The topological polar surface area (TPSA) is 59.8 Å². The van der Waals surface area contributed by atoms with Gasteiger partial charge in [0.1, 0.15) is 11.6 Å². The van der Waals surface area contributed by atoms with E-state index in [9.17, 15) is 13.6 Å². The molecular formula is C19H18F2N4OS. The maximum atomic E-state index is 13.7. The average Bonchev–Trinajstić information content (AvgIpc) is 2.99. The summed E-state index contributed by atoms with van der Waals surface area (Å²) in [5.41, 5.74) is 1.83. The summed E-state index contributed by atoms with van der Waals surface area (Å²) in [5, 5.41) is 10.8. The van der Waals surface area contributed by atoms with Crippen LogP contribution in [-0.4, -0.2) is 25.9 Å². The summed E-state index contributed by atoms with van der Waals surface area (Å²) < 4.78 is 28.8. The van der Waals surface area contributed by atoms with E-state index in [2.05, 4.69) is 15.5 Å². The van der Waals surface area contributed by atoms with Crippen LogP contribution in [0.2, 0.25) is 0 Å². The molecule has 0 aliphatic carbocycles. The number of hydrogen-bond donors (Lipinski definition) is 1. The van der Waals surface area contributed by atoms with Crippen LogP contribution in [0.15, 0.2) is 47.6 Å². The van der Waals surface area contributed by atoms with Crippen LogP contribution in [0.25, 0.3) is 11.4 Å². The van der Waals surface area contributed by atoms with Gasteiger partial charge in [0.25, 0.3) is 0 Å². The van der Waals surface area contributed by atoms with Crippen molar-refractivity contribution in [2.24, 2.45) is 7.05 Å². The van der Waals surface area contributed by atoms with Crippen LogP contribution < -0.4 is 5.32 Å². The number of thioether (sulfide) groups is 1. The first-order valence-corrected chi connectivity index (χ1v) is 9.12. The highest BCUT2D eigenvalue weighted by molar-refractivity contribution is 8.00. The van der Waals surface area contributed by atoms with Gasteiger partial charge >= 0.3 is 0 Å². The number of nitrogens with zero attached hydrogens (tertiary/aromatic N) is 3. The first kappa shape index (κ1) is 19.0. The number of carbonyl (C=O) groups excluding carboxylic acids is 1. The highest BCUT2D eigenvalue weighted by Crippen LogP contribution is 2.28. The first-order valence-electron chi connectivity index (χ1n) is 8.24. The van der Waals surface area contributed by atoms with E-state index >= 15 is 0 Å². The van der Waals surface area contributed by atoms with Crippen LogP contribution >= 0.6 is 11.8 Å². The highest BCUT2D eigenvalue weighted by atomic mass is 32.2. The number of benzene rings is 2. The van der Waals surface area contributed by atoms with E-state index in [0.717, 1.165) is 29.3 Å². The minimum absolute atomic E-state index is 0.189. The van der Waals surface area contributed by atoms with Crippen LogP contribution in [-0.2, 0) is 11.8 Å². The minimum Gasteiger partial charge on any atom is -0.323 e. The smallest absolute Gasteiger partial charge is 0.237 e. The zero-order valence-electron chi connectivity index (χ0n) is 15.0. The lowest BCUT2D eigenvalue weighted by Gasteiger charge is -2.12. The summed E-state index contributed by atoms with van der Waals surface area (Å²) in [4.78, 5) is 12.3. The average molecular weight is 388 g/mol. The second-order valence-corrected chi connectivity index (χ2v) is 7.36. The van der Waals surface area contributed by atoms with Gasteiger partial charge in [0.15, 0.2) is 11.0 Å². The van der Waals surface area contributed by atoms with Crippen LogP contribution in [0, 0.1) is 18.6 Å². The second kappa shape index (κ2) is 7.87.